The Bertz CT molecular complexity index is 2020. The average Bonchev–Trinajstić information content (AvgIpc) is 0.920. The van der Waals surface area contributed by atoms with Crippen molar-refractivity contribution in [1.82, 2.24) is 0 Å². The smallest absolute Gasteiger partial charge is 0.462 e. The van der Waals surface area contributed by atoms with Gasteiger partial charge >= 0.3 is 39.5 Å². The van der Waals surface area contributed by atoms with Gasteiger partial charge in [-0.15, -0.1) is 0 Å². The highest BCUT2D eigenvalue weighted by Crippen LogP contribution is 2.45. The van der Waals surface area contributed by atoms with Crippen molar-refractivity contribution in [2.45, 2.75) is 419 Å². The normalized spacial score (nSPS) is 14.3. The number of aliphatic hydroxyl groups excluding tert-OH is 1. The molecule has 0 amide bonds. The molecule has 0 aliphatic carbocycles. The van der Waals surface area contributed by atoms with E-state index in [1.807, 2.05) is 0 Å². The highest BCUT2D eigenvalue weighted by Gasteiger charge is 2.30. The van der Waals surface area contributed by atoms with Crippen LogP contribution < -0.4 is 0 Å². The van der Waals surface area contributed by atoms with Gasteiger partial charge in [0.15, 0.2) is 12.2 Å². The van der Waals surface area contributed by atoms with Crippen LogP contribution in [0.5, 0.6) is 0 Å². The zero-order chi connectivity index (χ0) is 73.5. The number of rotatable bonds is 78. The third-order valence-electron chi connectivity index (χ3n) is 18.7. The third kappa shape index (κ3) is 72.5. The summed E-state index contributed by atoms with van der Waals surface area (Å²) in [5, 5.41) is 10.6. The van der Waals surface area contributed by atoms with Crippen molar-refractivity contribution in [1.29, 1.82) is 0 Å². The van der Waals surface area contributed by atoms with Crippen LogP contribution in [-0.4, -0.2) is 96.7 Å². The number of aliphatic hydroxyl groups is 1. The number of esters is 4. The van der Waals surface area contributed by atoms with E-state index in [0.29, 0.717) is 25.7 Å². The first-order valence-electron chi connectivity index (χ1n) is 41.3. The second-order valence-electron chi connectivity index (χ2n) is 29.2. The van der Waals surface area contributed by atoms with Crippen LogP contribution in [0, 0.1) is 11.8 Å². The van der Waals surface area contributed by atoms with Gasteiger partial charge in [0.05, 0.1) is 26.4 Å². The van der Waals surface area contributed by atoms with Crippen molar-refractivity contribution < 1.29 is 80.2 Å². The maximum atomic E-state index is 13.1. The summed E-state index contributed by atoms with van der Waals surface area (Å²) in [7, 11) is -9.93. The second-order valence-corrected chi connectivity index (χ2v) is 32.1. The summed E-state index contributed by atoms with van der Waals surface area (Å²) in [5.41, 5.74) is 0. The topological polar surface area (TPSA) is 237 Å². The van der Waals surface area contributed by atoms with Gasteiger partial charge in [-0.3, -0.25) is 37.3 Å². The first kappa shape index (κ1) is 97.5. The van der Waals surface area contributed by atoms with E-state index in [4.69, 9.17) is 37.0 Å². The van der Waals surface area contributed by atoms with E-state index in [9.17, 15) is 43.2 Å². The van der Waals surface area contributed by atoms with Crippen LogP contribution in [-0.2, 0) is 65.4 Å². The summed E-state index contributed by atoms with van der Waals surface area (Å²) in [4.78, 5) is 73.0. The molecule has 0 saturated carbocycles. The lowest BCUT2D eigenvalue weighted by Crippen LogP contribution is -2.30. The molecule has 3 unspecified atom stereocenters. The highest BCUT2D eigenvalue weighted by atomic mass is 31.2. The first-order chi connectivity index (χ1) is 48.4. The molecule has 0 aliphatic heterocycles. The fraction of sp³-hybridized carbons (Fsp3) is 0.901. The molecule has 100 heavy (non-hydrogen) atoms. The first-order valence-corrected chi connectivity index (χ1v) is 44.3. The van der Waals surface area contributed by atoms with E-state index < -0.39 is 97.5 Å². The fourth-order valence-corrected chi connectivity index (χ4v) is 13.5. The van der Waals surface area contributed by atoms with E-state index in [0.717, 1.165) is 115 Å². The standard InChI is InChI=1S/C81H154O17P2/c1-7-10-12-14-16-18-20-21-22-30-35-41-47-53-59-65-80(85)97-76(69-91-78(83)63-57-51-45-39-19-17-15-13-11-8-2)71-95-99(87,88)93-67-75(82)68-94-100(89,90)96-72-77(70-92-79(84)64-58-52-46-40-34-29-25-23-27-32-37-43-49-55-61-73(4)5)98-81(86)66-60-54-48-42-36-31-26-24-28-33-38-44-50-56-62-74(6)9-3/h18,20-22,73-77,82H,7-17,19,23-72H2,1-6H3,(H,87,88)(H,89,90)/b20-18-,22-21-/t74?,75-,76+,77+/m0/s1. The summed E-state index contributed by atoms with van der Waals surface area (Å²) < 4.78 is 68.7. The molecule has 590 valence electrons. The van der Waals surface area contributed by atoms with Crippen LogP contribution in [0.2, 0.25) is 0 Å². The predicted octanol–water partition coefficient (Wildman–Crippen LogP) is 23.8. The molecule has 19 heteroatoms. The van der Waals surface area contributed by atoms with Gasteiger partial charge in [-0.05, 0) is 63.2 Å². The Balaban J connectivity index is 5.28. The Hall–Kier alpha value is -2.46. The van der Waals surface area contributed by atoms with E-state index in [1.54, 1.807) is 0 Å². The number of phosphoric acid groups is 2. The molecule has 0 aromatic heterocycles. The van der Waals surface area contributed by atoms with Gasteiger partial charge in [0.1, 0.15) is 19.3 Å². The number of hydrogen-bond acceptors (Lipinski definition) is 15. The molecule has 0 aromatic rings. The predicted molar refractivity (Wildman–Crippen MR) is 409 cm³/mol. The molecule has 0 spiro atoms. The summed E-state index contributed by atoms with van der Waals surface area (Å²) in [6, 6.07) is 0. The maximum Gasteiger partial charge on any atom is 0.472 e. The van der Waals surface area contributed by atoms with Gasteiger partial charge in [-0.2, -0.15) is 0 Å². The van der Waals surface area contributed by atoms with Gasteiger partial charge in [0, 0.05) is 25.7 Å². The summed E-state index contributed by atoms with van der Waals surface area (Å²) in [6.07, 6.45) is 64.5. The largest absolute Gasteiger partial charge is 0.472 e. The second kappa shape index (κ2) is 72.1. The van der Waals surface area contributed by atoms with E-state index >= 15 is 0 Å². The molecule has 3 N–H and O–H groups in total. The minimum Gasteiger partial charge on any atom is -0.462 e. The number of unbranched alkanes of at least 4 members (excludes halogenated alkanes) is 44. The van der Waals surface area contributed by atoms with Crippen molar-refractivity contribution in [2.75, 3.05) is 39.6 Å². The van der Waals surface area contributed by atoms with Crippen molar-refractivity contribution in [3.05, 3.63) is 24.3 Å². The highest BCUT2D eigenvalue weighted by molar-refractivity contribution is 7.47. The number of ether oxygens (including phenoxy) is 4. The average molecular weight is 1460 g/mol. The van der Waals surface area contributed by atoms with Crippen LogP contribution in [0.4, 0.5) is 0 Å². The summed E-state index contributed by atoms with van der Waals surface area (Å²) >= 11 is 0. The fourth-order valence-electron chi connectivity index (χ4n) is 12.0. The number of carbonyl (C=O) groups excluding carboxylic acids is 4. The van der Waals surface area contributed by atoms with Gasteiger partial charge in [0.25, 0.3) is 0 Å². The number of carbonyl (C=O) groups is 4. The lowest BCUT2D eigenvalue weighted by Gasteiger charge is -2.21. The van der Waals surface area contributed by atoms with Crippen molar-refractivity contribution in [3.8, 4) is 0 Å². The van der Waals surface area contributed by atoms with E-state index in [1.165, 1.54) is 205 Å². The molecule has 0 aliphatic rings. The SMILES string of the molecule is CCCCCC/C=C\C=C/CCCCCCCC(=O)O[C@H](COC(=O)CCCCCCCCCCCC)COP(=O)(O)OC[C@H](O)COP(=O)(O)OC[C@@H](COC(=O)CCCCCCCCCCCCCCCCC(C)C)OC(=O)CCCCCCCCCCCCCCCCC(C)CC. The molecule has 0 saturated heterocycles. The van der Waals surface area contributed by atoms with E-state index in [2.05, 4.69) is 65.8 Å². The zero-order valence-corrected chi connectivity index (χ0v) is 66.8. The Labute approximate surface area is 612 Å². The molecule has 6 atom stereocenters. The molecular weight excluding hydrogens is 1310 g/mol. The van der Waals surface area contributed by atoms with Gasteiger partial charge in [-0.1, -0.05) is 348 Å². The van der Waals surface area contributed by atoms with Gasteiger partial charge in [-0.25, -0.2) is 9.13 Å². The molecule has 17 nitrogen and oxygen atoms in total. The molecule has 0 bridgehead atoms. The van der Waals surface area contributed by atoms with Crippen LogP contribution in [0.25, 0.3) is 0 Å². The Morgan fingerprint density at radius 2 is 0.590 bits per heavy atom. The third-order valence-corrected chi connectivity index (χ3v) is 20.6. The van der Waals surface area contributed by atoms with Crippen LogP contribution in [0.1, 0.15) is 401 Å². The Kier molecular flexibility index (Phi) is 70.3. The van der Waals surface area contributed by atoms with Crippen LogP contribution >= 0.6 is 15.6 Å². The monoisotopic (exact) mass is 1460 g/mol. The Morgan fingerprint density at radius 1 is 0.330 bits per heavy atom. The summed E-state index contributed by atoms with van der Waals surface area (Å²) in [5.74, 6) is -0.496. The molecule has 0 radical (unpaired) electrons. The quantitative estimate of drug-likeness (QED) is 0.0169. The van der Waals surface area contributed by atoms with Gasteiger partial charge < -0.3 is 33.8 Å². The minimum atomic E-state index is -4.97. The number of allylic oxidation sites excluding steroid dienone is 4. The molecule has 0 heterocycles. The lowest BCUT2D eigenvalue weighted by molar-refractivity contribution is -0.161. The van der Waals surface area contributed by atoms with Crippen molar-refractivity contribution in [3.63, 3.8) is 0 Å². The van der Waals surface area contributed by atoms with Crippen molar-refractivity contribution in [2.24, 2.45) is 11.8 Å². The minimum absolute atomic E-state index is 0.0853. The number of hydrogen-bond donors (Lipinski definition) is 3. The molecule has 0 fully saturated rings. The zero-order valence-electron chi connectivity index (χ0n) is 65.0. The van der Waals surface area contributed by atoms with Crippen LogP contribution in [0.3, 0.4) is 0 Å². The molecule has 0 aromatic carbocycles. The lowest BCUT2D eigenvalue weighted by atomic mass is 9.99. The van der Waals surface area contributed by atoms with Crippen LogP contribution in [0.15, 0.2) is 24.3 Å². The maximum absolute atomic E-state index is 13.1. The molecular formula is C81H154O17P2. The number of phosphoric ester groups is 2. The van der Waals surface area contributed by atoms with E-state index in [-0.39, 0.29) is 25.7 Å². The van der Waals surface area contributed by atoms with Gasteiger partial charge in [0.2, 0.25) is 0 Å². The van der Waals surface area contributed by atoms with Crippen molar-refractivity contribution >= 4 is 39.5 Å². The molecule has 0 rings (SSSR count). The Morgan fingerprint density at radius 3 is 0.900 bits per heavy atom. The summed E-state index contributed by atoms with van der Waals surface area (Å²) in [6.45, 7) is 9.64.